The van der Waals surface area contributed by atoms with Crippen molar-refractivity contribution >= 4 is 0 Å². The smallest absolute Gasteiger partial charge is 0.165 e. The van der Waals surface area contributed by atoms with Crippen LogP contribution in [-0.4, -0.2) is 15.8 Å². The molecule has 0 atom stereocenters. The maximum atomic E-state index is 13.4. The Bertz CT molecular complexity index is 566. The maximum Gasteiger partial charge on any atom is 0.165 e. The standard InChI is InChI=1S/C15H20FN3O/c1-4-19-10-14(9-18-19)20-15-6-5-13(16)7-12(15)8-17-11(2)3/h5-7,9-11,17H,4,8H2,1-3H3. The molecule has 0 unspecified atom stereocenters. The number of halogens is 1. The number of aryl methyl sites for hydroxylation is 1. The Morgan fingerprint density at radius 3 is 2.85 bits per heavy atom. The molecule has 1 N–H and O–H groups in total. The molecule has 0 saturated heterocycles. The van der Waals surface area contributed by atoms with Crippen LogP contribution in [0.3, 0.4) is 0 Å². The zero-order chi connectivity index (χ0) is 14.5. The van der Waals surface area contributed by atoms with Crippen molar-refractivity contribution in [1.29, 1.82) is 0 Å². The largest absolute Gasteiger partial charge is 0.454 e. The molecule has 0 fully saturated rings. The molecular weight excluding hydrogens is 257 g/mol. The average molecular weight is 277 g/mol. The Hall–Kier alpha value is -1.88. The lowest BCUT2D eigenvalue weighted by Gasteiger charge is -2.12. The van der Waals surface area contributed by atoms with Gasteiger partial charge in [0.15, 0.2) is 5.75 Å². The molecular formula is C15H20FN3O. The highest BCUT2D eigenvalue weighted by atomic mass is 19.1. The van der Waals surface area contributed by atoms with Gasteiger partial charge in [-0.25, -0.2) is 4.39 Å². The van der Waals surface area contributed by atoms with Crippen LogP contribution < -0.4 is 10.1 Å². The van der Waals surface area contributed by atoms with Crippen molar-refractivity contribution in [3.63, 3.8) is 0 Å². The number of rotatable bonds is 6. The predicted molar refractivity (Wildman–Crippen MR) is 76.4 cm³/mol. The highest BCUT2D eigenvalue weighted by molar-refractivity contribution is 5.37. The lowest BCUT2D eigenvalue weighted by Crippen LogP contribution is -2.22. The van der Waals surface area contributed by atoms with E-state index in [0.717, 1.165) is 12.1 Å². The summed E-state index contributed by atoms with van der Waals surface area (Å²) in [5, 5.41) is 7.42. The van der Waals surface area contributed by atoms with Gasteiger partial charge in [-0.15, -0.1) is 0 Å². The van der Waals surface area contributed by atoms with Gasteiger partial charge in [0, 0.05) is 24.7 Å². The van der Waals surface area contributed by atoms with Crippen molar-refractivity contribution in [3.8, 4) is 11.5 Å². The highest BCUT2D eigenvalue weighted by Gasteiger charge is 2.08. The van der Waals surface area contributed by atoms with Gasteiger partial charge in [-0.3, -0.25) is 4.68 Å². The van der Waals surface area contributed by atoms with Crippen LogP contribution >= 0.6 is 0 Å². The molecule has 1 aromatic carbocycles. The van der Waals surface area contributed by atoms with Crippen LogP contribution in [0.15, 0.2) is 30.6 Å². The molecule has 0 bridgehead atoms. The number of hydrogen-bond donors (Lipinski definition) is 1. The van der Waals surface area contributed by atoms with E-state index < -0.39 is 0 Å². The molecule has 5 heteroatoms. The zero-order valence-corrected chi connectivity index (χ0v) is 12.1. The summed E-state index contributed by atoms with van der Waals surface area (Å²) < 4.78 is 20.9. The summed E-state index contributed by atoms with van der Waals surface area (Å²) in [5.74, 6) is 1.04. The summed E-state index contributed by atoms with van der Waals surface area (Å²) in [6, 6.07) is 4.87. The average Bonchev–Trinajstić information content (AvgIpc) is 2.86. The van der Waals surface area contributed by atoms with Crippen molar-refractivity contribution in [2.45, 2.75) is 39.9 Å². The number of nitrogens with zero attached hydrogens (tertiary/aromatic N) is 2. The second-order valence-electron chi connectivity index (χ2n) is 4.92. The van der Waals surface area contributed by atoms with Crippen LogP contribution in [0, 0.1) is 5.82 Å². The number of hydrogen-bond acceptors (Lipinski definition) is 3. The number of nitrogens with one attached hydrogen (secondary N) is 1. The van der Waals surface area contributed by atoms with Gasteiger partial charge in [-0.1, -0.05) is 13.8 Å². The summed E-state index contributed by atoms with van der Waals surface area (Å²) in [6.45, 7) is 7.45. The van der Waals surface area contributed by atoms with Gasteiger partial charge in [0.05, 0.1) is 12.4 Å². The predicted octanol–water partition coefficient (Wildman–Crippen LogP) is 3.33. The van der Waals surface area contributed by atoms with Crippen LogP contribution in [0.1, 0.15) is 26.3 Å². The Morgan fingerprint density at radius 2 is 2.20 bits per heavy atom. The second-order valence-corrected chi connectivity index (χ2v) is 4.92. The van der Waals surface area contributed by atoms with Crippen LogP contribution in [0.25, 0.3) is 0 Å². The first kappa shape index (κ1) is 14.5. The Balaban J connectivity index is 2.17. The molecule has 2 aromatic rings. The van der Waals surface area contributed by atoms with Crippen LogP contribution in [0.5, 0.6) is 11.5 Å². The van der Waals surface area contributed by atoms with Gasteiger partial charge >= 0.3 is 0 Å². The molecule has 4 nitrogen and oxygen atoms in total. The van der Waals surface area contributed by atoms with Crippen LogP contribution in [0.2, 0.25) is 0 Å². The molecule has 0 spiro atoms. The van der Waals surface area contributed by atoms with Gasteiger partial charge in [0.2, 0.25) is 0 Å². The van der Waals surface area contributed by atoms with E-state index in [1.807, 2.05) is 27.0 Å². The van der Waals surface area contributed by atoms with E-state index in [0.29, 0.717) is 24.1 Å². The van der Waals surface area contributed by atoms with Crippen molar-refractivity contribution < 1.29 is 9.13 Å². The first-order valence-electron chi connectivity index (χ1n) is 6.80. The molecule has 108 valence electrons. The monoisotopic (exact) mass is 277 g/mol. The van der Waals surface area contributed by atoms with Crippen molar-refractivity contribution in [2.24, 2.45) is 0 Å². The quantitative estimate of drug-likeness (QED) is 0.880. The summed E-state index contributed by atoms with van der Waals surface area (Å²) >= 11 is 0. The Kier molecular flexibility index (Phi) is 4.74. The van der Waals surface area contributed by atoms with E-state index in [-0.39, 0.29) is 5.82 Å². The summed E-state index contributed by atoms with van der Waals surface area (Å²) in [6.07, 6.45) is 3.48. The Labute approximate surface area is 118 Å². The minimum Gasteiger partial charge on any atom is -0.454 e. The first-order valence-corrected chi connectivity index (χ1v) is 6.80. The fourth-order valence-electron chi connectivity index (χ4n) is 1.80. The molecule has 0 aliphatic heterocycles. The molecule has 0 amide bonds. The van der Waals surface area contributed by atoms with Gasteiger partial charge in [-0.2, -0.15) is 5.10 Å². The van der Waals surface area contributed by atoms with E-state index in [4.69, 9.17) is 4.74 Å². The van der Waals surface area contributed by atoms with E-state index in [9.17, 15) is 4.39 Å². The minimum absolute atomic E-state index is 0.262. The fraction of sp³-hybridized carbons (Fsp3) is 0.400. The van der Waals surface area contributed by atoms with Gasteiger partial charge in [0.25, 0.3) is 0 Å². The number of benzene rings is 1. The number of ether oxygens (including phenoxy) is 1. The third-order valence-corrected chi connectivity index (χ3v) is 2.88. The second kappa shape index (κ2) is 6.52. The van der Waals surface area contributed by atoms with E-state index in [2.05, 4.69) is 10.4 Å². The van der Waals surface area contributed by atoms with E-state index in [1.54, 1.807) is 16.9 Å². The normalized spacial score (nSPS) is 11.1. The molecule has 20 heavy (non-hydrogen) atoms. The van der Waals surface area contributed by atoms with E-state index >= 15 is 0 Å². The third kappa shape index (κ3) is 3.81. The molecule has 0 saturated carbocycles. The van der Waals surface area contributed by atoms with Crippen molar-refractivity contribution in [2.75, 3.05) is 0 Å². The first-order chi connectivity index (χ1) is 9.58. The fourth-order valence-corrected chi connectivity index (χ4v) is 1.80. The minimum atomic E-state index is -0.262. The zero-order valence-electron chi connectivity index (χ0n) is 12.1. The molecule has 1 heterocycles. The Morgan fingerprint density at radius 1 is 1.40 bits per heavy atom. The maximum absolute atomic E-state index is 13.4. The molecule has 0 radical (unpaired) electrons. The molecule has 2 rings (SSSR count). The SMILES string of the molecule is CCn1cc(Oc2ccc(F)cc2CNC(C)C)cn1. The van der Waals surface area contributed by atoms with Gasteiger partial charge in [0.1, 0.15) is 11.6 Å². The summed E-state index contributed by atoms with van der Waals surface area (Å²) in [7, 11) is 0. The van der Waals surface area contributed by atoms with Crippen molar-refractivity contribution in [3.05, 3.63) is 42.0 Å². The lowest BCUT2D eigenvalue weighted by molar-refractivity contribution is 0.465. The van der Waals surface area contributed by atoms with Crippen LogP contribution in [-0.2, 0) is 13.1 Å². The summed E-state index contributed by atoms with van der Waals surface area (Å²) in [5.41, 5.74) is 0.794. The lowest BCUT2D eigenvalue weighted by atomic mass is 10.2. The topological polar surface area (TPSA) is 39.1 Å². The van der Waals surface area contributed by atoms with Crippen LogP contribution in [0.4, 0.5) is 4.39 Å². The summed E-state index contributed by atoms with van der Waals surface area (Å²) in [4.78, 5) is 0. The number of aromatic nitrogens is 2. The molecule has 0 aliphatic rings. The molecule has 1 aromatic heterocycles. The van der Waals surface area contributed by atoms with Gasteiger partial charge in [-0.05, 0) is 25.1 Å². The molecule has 0 aliphatic carbocycles. The van der Waals surface area contributed by atoms with E-state index in [1.165, 1.54) is 12.1 Å². The third-order valence-electron chi connectivity index (χ3n) is 2.88. The van der Waals surface area contributed by atoms with Crippen molar-refractivity contribution in [1.82, 2.24) is 15.1 Å². The highest BCUT2D eigenvalue weighted by Crippen LogP contribution is 2.26. The van der Waals surface area contributed by atoms with Gasteiger partial charge < -0.3 is 10.1 Å².